The first-order valence-corrected chi connectivity index (χ1v) is 12.8. The number of hydrogen-bond donors (Lipinski definition) is 2. The van der Waals surface area contributed by atoms with Crippen LogP contribution in [-0.4, -0.2) is 47.5 Å². The van der Waals surface area contributed by atoms with Crippen LogP contribution in [0.25, 0.3) is 22.3 Å². The van der Waals surface area contributed by atoms with E-state index in [9.17, 15) is 17.2 Å². The molecule has 1 fully saturated rings. The Bertz CT molecular complexity index is 1550. The second-order valence-electron chi connectivity index (χ2n) is 8.05. The van der Waals surface area contributed by atoms with E-state index >= 15 is 0 Å². The van der Waals surface area contributed by atoms with Gasteiger partial charge in [-0.05, 0) is 56.3 Å². The molecule has 0 spiro atoms. The molecule has 0 saturated carbocycles. The Kier molecular flexibility index (Phi) is 6.65. The summed E-state index contributed by atoms with van der Waals surface area (Å²) in [6, 6.07) is 6.99. The zero-order valence-corrected chi connectivity index (χ0v) is 20.2. The maximum absolute atomic E-state index is 14.1. The summed E-state index contributed by atoms with van der Waals surface area (Å²) in [6.07, 6.45) is 4.50. The highest BCUT2D eigenvalue weighted by Gasteiger charge is 2.22. The minimum atomic E-state index is -4.42. The second-order valence-corrected chi connectivity index (χ2v) is 10.1. The maximum atomic E-state index is 14.1. The Labute approximate surface area is 210 Å². The number of nitrogens with one attached hydrogen (secondary N) is 2. The number of sulfonamides is 1. The molecule has 4 heterocycles. The van der Waals surface area contributed by atoms with Gasteiger partial charge in [0.25, 0.3) is 10.0 Å². The molecule has 0 radical (unpaired) electrons. The van der Waals surface area contributed by atoms with Crippen molar-refractivity contribution in [3.63, 3.8) is 0 Å². The van der Waals surface area contributed by atoms with E-state index in [0.717, 1.165) is 38.1 Å². The third-order valence-electron chi connectivity index (χ3n) is 5.58. The number of anilines is 1. The van der Waals surface area contributed by atoms with Crippen molar-refractivity contribution in [3.05, 3.63) is 65.7 Å². The van der Waals surface area contributed by atoms with Gasteiger partial charge in [0, 0.05) is 17.8 Å². The number of benzene rings is 1. The Morgan fingerprint density at radius 2 is 1.86 bits per heavy atom. The van der Waals surface area contributed by atoms with Gasteiger partial charge in [-0.1, -0.05) is 11.6 Å². The van der Waals surface area contributed by atoms with E-state index in [1.54, 1.807) is 12.1 Å². The number of fused-ring (bicyclic) bond motifs is 1. The van der Waals surface area contributed by atoms with Gasteiger partial charge >= 0.3 is 0 Å². The predicted molar refractivity (Wildman–Crippen MR) is 129 cm³/mol. The van der Waals surface area contributed by atoms with Gasteiger partial charge in [0.05, 0.1) is 16.9 Å². The minimum Gasteiger partial charge on any atom is -0.473 e. The van der Waals surface area contributed by atoms with Crippen molar-refractivity contribution in [2.24, 2.45) is 0 Å². The fourth-order valence-electron chi connectivity index (χ4n) is 3.79. The average Bonchev–Trinajstić information content (AvgIpc) is 2.85. The summed E-state index contributed by atoms with van der Waals surface area (Å²) < 4.78 is 61.1. The molecule has 3 aromatic heterocycles. The SMILES string of the molecule is O=S(=O)(Nc1cc(-c2ccc3ncnc(OC4CCNCC4)c3n2)cnc1Cl)c1ccc(F)cc1F. The van der Waals surface area contributed by atoms with Gasteiger partial charge in [0.2, 0.25) is 5.88 Å². The van der Waals surface area contributed by atoms with E-state index in [-0.39, 0.29) is 16.9 Å². The monoisotopic (exact) mass is 532 g/mol. The fourth-order valence-corrected chi connectivity index (χ4v) is 5.11. The lowest BCUT2D eigenvalue weighted by Crippen LogP contribution is -2.34. The molecule has 0 amide bonds. The highest BCUT2D eigenvalue weighted by atomic mass is 35.5. The Balaban J connectivity index is 1.48. The van der Waals surface area contributed by atoms with E-state index in [1.807, 2.05) is 0 Å². The summed E-state index contributed by atoms with van der Waals surface area (Å²) in [6.45, 7) is 1.70. The molecule has 0 atom stereocenters. The average molecular weight is 533 g/mol. The van der Waals surface area contributed by atoms with Crippen molar-refractivity contribution in [2.75, 3.05) is 17.8 Å². The predicted octanol–water partition coefficient (Wildman–Crippen LogP) is 3.95. The van der Waals surface area contributed by atoms with Crippen LogP contribution in [-0.2, 0) is 10.0 Å². The van der Waals surface area contributed by atoms with Gasteiger partial charge in [-0.3, -0.25) is 4.72 Å². The van der Waals surface area contributed by atoms with Gasteiger partial charge < -0.3 is 10.1 Å². The largest absolute Gasteiger partial charge is 0.473 e. The zero-order chi connectivity index (χ0) is 25.3. The molecule has 1 aliphatic heterocycles. The first-order valence-electron chi connectivity index (χ1n) is 10.9. The summed E-state index contributed by atoms with van der Waals surface area (Å²) in [5.74, 6) is -1.79. The highest BCUT2D eigenvalue weighted by Crippen LogP contribution is 2.30. The van der Waals surface area contributed by atoms with Crippen molar-refractivity contribution in [1.29, 1.82) is 0 Å². The van der Waals surface area contributed by atoms with E-state index < -0.39 is 26.6 Å². The topological polar surface area (TPSA) is 119 Å². The maximum Gasteiger partial charge on any atom is 0.264 e. The quantitative estimate of drug-likeness (QED) is 0.358. The molecule has 0 bridgehead atoms. The molecule has 1 saturated heterocycles. The molecule has 1 aliphatic rings. The number of ether oxygens (including phenoxy) is 1. The molecule has 4 aromatic rings. The molecule has 186 valence electrons. The van der Waals surface area contributed by atoms with Crippen molar-refractivity contribution in [2.45, 2.75) is 23.8 Å². The number of aromatic nitrogens is 4. The Hall–Kier alpha value is -3.48. The zero-order valence-electron chi connectivity index (χ0n) is 18.6. The third kappa shape index (κ3) is 5.06. The molecule has 0 aliphatic carbocycles. The molecule has 0 unspecified atom stereocenters. The third-order valence-corrected chi connectivity index (χ3v) is 7.28. The number of pyridine rings is 2. The van der Waals surface area contributed by atoms with Crippen LogP contribution < -0.4 is 14.8 Å². The van der Waals surface area contributed by atoms with Gasteiger partial charge in [-0.15, -0.1) is 0 Å². The molecular formula is C23H19ClF2N6O3S. The highest BCUT2D eigenvalue weighted by molar-refractivity contribution is 7.92. The number of nitrogens with zero attached hydrogens (tertiary/aromatic N) is 4. The lowest BCUT2D eigenvalue weighted by molar-refractivity contribution is 0.158. The fraction of sp³-hybridized carbons (Fsp3) is 0.217. The first-order chi connectivity index (χ1) is 17.3. The van der Waals surface area contributed by atoms with Crippen LogP contribution in [0, 0.1) is 11.6 Å². The Morgan fingerprint density at radius 1 is 1.06 bits per heavy atom. The van der Waals surface area contributed by atoms with Gasteiger partial charge in [-0.25, -0.2) is 32.2 Å². The molecular weight excluding hydrogens is 514 g/mol. The molecule has 1 aromatic carbocycles. The Morgan fingerprint density at radius 3 is 2.64 bits per heavy atom. The summed E-state index contributed by atoms with van der Waals surface area (Å²) >= 11 is 6.11. The number of halogens is 3. The normalized spacial score (nSPS) is 14.6. The number of rotatable bonds is 6. The van der Waals surface area contributed by atoms with Gasteiger partial charge in [-0.2, -0.15) is 4.98 Å². The summed E-state index contributed by atoms with van der Waals surface area (Å²) in [5.41, 5.74) is 1.78. The van der Waals surface area contributed by atoms with Crippen LogP contribution in [0.5, 0.6) is 5.88 Å². The summed E-state index contributed by atoms with van der Waals surface area (Å²) in [7, 11) is -4.42. The van der Waals surface area contributed by atoms with E-state index in [4.69, 9.17) is 16.3 Å². The van der Waals surface area contributed by atoms with E-state index in [0.29, 0.717) is 34.2 Å². The van der Waals surface area contributed by atoms with Crippen LogP contribution in [0.15, 0.2) is 53.8 Å². The standard InChI is InChI=1S/C23H19ClF2N6O3S/c24-22-19(32-36(33,34)20-4-1-14(25)10-16(20)26)9-13(11-28-22)17-2-3-18-21(31-17)23(30-12-29-18)35-15-5-7-27-8-6-15/h1-4,9-12,15,27,32H,5-8H2. The van der Waals surface area contributed by atoms with Crippen molar-refractivity contribution in [1.82, 2.24) is 25.3 Å². The molecule has 36 heavy (non-hydrogen) atoms. The first kappa shape index (κ1) is 24.2. The lowest BCUT2D eigenvalue weighted by Gasteiger charge is -2.23. The second kappa shape index (κ2) is 9.88. The van der Waals surface area contributed by atoms with E-state index in [2.05, 4.69) is 30.0 Å². The van der Waals surface area contributed by atoms with Crippen LogP contribution in [0.3, 0.4) is 0 Å². The summed E-state index contributed by atoms with van der Waals surface area (Å²) in [4.78, 5) is 16.4. The molecule has 2 N–H and O–H groups in total. The van der Waals surface area contributed by atoms with Crippen LogP contribution in [0.4, 0.5) is 14.5 Å². The smallest absolute Gasteiger partial charge is 0.264 e. The van der Waals surface area contributed by atoms with Gasteiger partial charge in [0.15, 0.2) is 10.7 Å². The van der Waals surface area contributed by atoms with Crippen molar-refractivity contribution >= 4 is 38.3 Å². The number of piperidine rings is 1. The lowest BCUT2D eigenvalue weighted by atomic mass is 10.1. The van der Waals surface area contributed by atoms with Crippen molar-refractivity contribution < 1.29 is 21.9 Å². The minimum absolute atomic E-state index is 0.000119. The van der Waals surface area contributed by atoms with E-state index in [1.165, 1.54) is 18.6 Å². The van der Waals surface area contributed by atoms with Crippen molar-refractivity contribution in [3.8, 4) is 17.1 Å². The molecule has 13 heteroatoms. The number of hydrogen-bond acceptors (Lipinski definition) is 8. The van der Waals surface area contributed by atoms with Crippen LogP contribution >= 0.6 is 11.6 Å². The summed E-state index contributed by atoms with van der Waals surface area (Å²) in [5, 5.41) is 3.11. The molecule has 5 rings (SSSR count). The van der Waals surface area contributed by atoms with Gasteiger partial charge in [0.1, 0.15) is 29.0 Å². The van der Waals surface area contributed by atoms with Crippen LogP contribution in [0.1, 0.15) is 12.8 Å². The molecule has 9 nitrogen and oxygen atoms in total. The van der Waals surface area contributed by atoms with Crippen LogP contribution in [0.2, 0.25) is 5.15 Å².